The third kappa shape index (κ3) is 6.27. The summed E-state index contributed by atoms with van der Waals surface area (Å²) in [5, 5.41) is 0.715. The molecule has 0 unspecified atom stereocenters. The van der Waals surface area contributed by atoms with Crippen molar-refractivity contribution < 1.29 is 13.9 Å². The van der Waals surface area contributed by atoms with E-state index in [1.54, 1.807) is 60.7 Å². The predicted octanol–water partition coefficient (Wildman–Crippen LogP) is 3.17. The van der Waals surface area contributed by atoms with Gasteiger partial charge in [-0.05, 0) is 0 Å². The fourth-order valence-electron chi connectivity index (χ4n) is 2.53. The summed E-state index contributed by atoms with van der Waals surface area (Å²) in [6, 6.07) is 27.5. The van der Waals surface area contributed by atoms with Crippen LogP contribution in [0.3, 0.4) is 0 Å². The molecule has 3 aromatic rings. The minimum Gasteiger partial charge on any atom is -0.793 e. The number of rotatable bonds is 4. The molecule has 0 saturated carbocycles. The highest BCUT2D eigenvalue weighted by molar-refractivity contribution is 7.72. The molecule has 26 heavy (non-hydrogen) atoms. The predicted molar refractivity (Wildman–Crippen MR) is 108 cm³/mol. The molecule has 0 aliphatic heterocycles. The standard InChI is InChI=1S/C12H11O2P.C10H16N/c13-15(14,11-7-3-1-4-8-11)12-9-5-2-6-10-12;1-11(2,3)9-10-7-5-4-6-8-10/h1-10H,(H,13,14);4-8H,9H2,1-3H3/q;+1/p-1. The zero-order chi connectivity index (χ0) is 19.0. The average molecular weight is 367 g/mol. The molecule has 0 radical (unpaired) electrons. The van der Waals surface area contributed by atoms with Gasteiger partial charge in [0.05, 0.1) is 28.5 Å². The summed E-state index contributed by atoms with van der Waals surface area (Å²) in [5.74, 6) is 0. The molecule has 136 valence electrons. The average Bonchev–Trinajstić information content (AvgIpc) is 2.63. The molecule has 3 nitrogen and oxygen atoms in total. The molecular formula is C22H26NO2P. The summed E-state index contributed by atoms with van der Waals surface area (Å²) in [7, 11) is 2.96. The first-order valence-electron chi connectivity index (χ1n) is 8.56. The molecule has 0 aliphatic rings. The van der Waals surface area contributed by atoms with Crippen LogP contribution in [0.4, 0.5) is 0 Å². The second-order valence-electron chi connectivity index (χ2n) is 7.16. The number of hydrogen-bond acceptors (Lipinski definition) is 2. The molecule has 0 N–H and O–H groups in total. The van der Waals surface area contributed by atoms with Gasteiger partial charge in [-0.1, -0.05) is 91.0 Å². The van der Waals surface area contributed by atoms with Crippen molar-refractivity contribution in [1.29, 1.82) is 0 Å². The van der Waals surface area contributed by atoms with Crippen molar-refractivity contribution in [3.63, 3.8) is 0 Å². The highest BCUT2D eigenvalue weighted by atomic mass is 31.2. The Morgan fingerprint density at radius 1 is 0.692 bits per heavy atom. The Kier molecular flexibility index (Phi) is 6.93. The van der Waals surface area contributed by atoms with E-state index in [9.17, 15) is 9.46 Å². The molecule has 3 aromatic carbocycles. The van der Waals surface area contributed by atoms with E-state index >= 15 is 0 Å². The molecule has 0 spiro atoms. The van der Waals surface area contributed by atoms with Crippen molar-refractivity contribution in [2.45, 2.75) is 6.54 Å². The van der Waals surface area contributed by atoms with Crippen LogP contribution >= 0.6 is 7.37 Å². The number of nitrogens with zero attached hydrogens (tertiary/aromatic N) is 1. The first kappa shape index (κ1) is 20.1. The third-order valence-electron chi connectivity index (χ3n) is 3.69. The van der Waals surface area contributed by atoms with Crippen LogP contribution in [0, 0.1) is 0 Å². The van der Waals surface area contributed by atoms with Crippen molar-refractivity contribution in [3.05, 3.63) is 96.6 Å². The Labute approximate surface area is 156 Å². The Hall–Kier alpha value is -2.19. The molecule has 0 atom stereocenters. The van der Waals surface area contributed by atoms with Crippen molar-refractivity contribution in [3.8, 4) is 0 Å². The Morgan fingerprint density at radius 2 is 1.04 bits per heavy atom. The topological polar surface area (TPSA) is 40.1 Å². The number of quaternary nitrogens is 1. The van der Waals surface area contributed by atoms with E-state index in [-0.39, 0.29) is 0 Å². The Morgan fingerprint density at radius 3 is 1.38 bits per heavy atom. The molecule has 0 amide bonds. The summed E-state index contributed by atoms with van der Waals surface area (Å²) in [4.78, 5) is 12.1. The van der Waals surface area contributed by atoms with E-state index in [4.69, 9.17) is 0 Å². The highest BCUT2D eigenvalue weighted by Crippen LogP contribution is 2.32. The Balaban J connectivity index is 0.000000197. The van der Waals surface area contributed by atoms with Crippen LogP contribution in [-0.4, -0.2) is 25.6 Å². The van der Waals surface area contributed by atoms with Crippen LogP contribution < -0.4 is 15.5 Å². The van der Waals surface area contributed by atoms with Crippen molar-refractivity contribution >= 4 is 18.0 Å². The van der Waals surface area contributed by atoms with Gasteiger partial charge >= 0.3 is 0 Å². The first-order chi connectivity index (χ1) is 12.3. The summed E-state index contributed by atoms with van der Waals surface area (Å²) in [6.07, 6.45) is 0. The van der Waals surface area contributed by atoms with Gasteiger partial charge in [-0.3, -0.25) is 0 Å². The van der Waals surface area contributed by atoms with Gasteiger partial charge in [0, 0.05) is 16.2 Å². The van der Waals surface area contributed by atoms with E-state index in [1.807, 2.05) is 0 Å². The molecule has 4 heteroatoms. The maximum Gasteiger partial charge on any atom is 0.104 e. The minimum atomic E-state index is -3.65. The van der Waals surface area contributed by atoms with E-state index in [2.05, 4.69) is 51.5 Å². The summed E-state index contributed by atoms with van der Waals surface area (Å²) in [6.45, 7) is 1.10. The largest absolute Gasteiger partial charge is 0.793 e. The van der Waals surface area contributed by atoms with Crippen LogP contribution in [0.5, 0.6) is 0 Å². The Bertz CT molecular complexity index is 785. The lowest BCUT2D eigenvalue weighted by Gasteiger charge is -2.23. The third-order valence-corrected chi connectivity index (χ3v) is 5.65. The van der Waals surface area contributed by atoms with Crippen LogP contribution in [-0.2, 0) is 11.1 Å². The quantitative estimate of drug-likeness (QED) is 0.525. The lowest BCUT2D eigenvalue weighted by atomic mass is 10.2. The van der Waals surface area contributed by atoms with Crippen LogP contribution in [0.25, 0.3) is 0 Å². The van der Waals surface area contributed by atoms with E-state index in [0.717, 1.165) is 11.0 Å². The van der Waals surface area contributed by atoms with Gasteiger partial charge in [0.2, 0.25) is 0 Å². The maximum atomic E-state index is 12.1. The van der Waals surface area contributed by atoms with Crippen molar-refractivity contribution in [1.82, 2.24) is 0 Å². The molecule has 0 heterocycles. The van der Waals surface area contributed by atoms with Crippen LogP contribution in [0.2, 0.25) is 0 Å². The summed E-state index contributed by atoms with van der Waals surface area (Å²) >= 11 is 0. The van der Waals surface area contributed by atoms with Crippen LogP contribution in [0.1, 0.15) is 5.56 Å². The molecule has 0 saturated heterocycles. The molecule has 0 fully saturated rings. The smallest absolute Gasteiger partial charge is 0.104 e. The number of benzene rings is 3. The first-order valence-corrected chi connectivity index (χ1v) is 10.2. The lowest BCUT2D eigenvalue weighted by Crippen LogP contribution is -2.33. The number of hydrogen-bond donors (Lipinski definition) is 0. The molecular weight excluding hydrogens is 341 g/mol. The van der Waals surface area contributed by atoms with Gasteiger partial charge in [0.25, 0.3) is 0 Å². The fourth-order valence-corrected chi connectivity index (χ4v) is 3.96. The van der Waals surface area contributed by atoms with Gasteiger partial charge in [0.1, 0.15) is 6.54 Å². The van der Waals surface area contributed by atoms with Crippen molar-refractivity contribution in [2.75, 3.05) is 21.1 Å². The van der Waals surface area contributed by atoms with Crippen molar-refractivity contribution in [2.24, 2.45) is 0 Å². The van der Waals surface area contributed by atoms with Gasteiger partial charge in [-0.2, -0.15) is 0 Å². The molecule has 0 aliphatic carbocycles. The SMILES string of the molecule is C[N+](C)(C)Cc1ccccc1.O=P([O-])(c1ccccc1)c1ccccc1. The zero-order valence-electron chi connectivity index (χ0n) is 15.6. The normalized spacial score (nSPS) is 11.4. The monoisotopic (exact) mass is 367 g/mol. The van der Waals surface area contributed by atoms with Gasteiger partial charge in [0.15, 0.2) is 0 Å². The minimum absolute atomic E-state index is 0.358. The molecule has 3 rings (SSSR count). The molecule has 0 aromatic heterocycles. The summed E-state index contributed by atoms with van der Waals surface area (Å²) < 4.78 is 13.1. The summed E-state index contributed by atoms with van der Waals surface area (Å²) in [5.41, 5.74) is 1.40. The zero-order valence-corrected chi connectivity index (χ0v) is 16.5. The van der Waals surface area contributed by atoms with Gasteiger partial charge < -0.3 is 13.9 Å². The van der Waals surface area contributed by atoms with Gasteiger partial charge in [-0.25, -0.2) is 0 Å². The highest BCUT2D eigenvalue weighted by Gasteiger charge is 2.12. The lowest BCUT2D eigenvalue weighted by molar-refractivity contribution is -0.884. The van der Waals surface area contributed by atoms with Gasteiger partial charge in [-0.15, -0.1) is 0 Å². The molecule has 0 bridgehead atoms. The van der Waals surface area contributed by atoms with E-state index in [0.29, 0.717) is 10.6 Å². The second kappa shape index (κ2) is 8.95. The van der Waals surface area contributed by atoms with E-state index < -0.39 is 7.37 Å². The maximum absolute atomic E-state index is 12.1. The second-order valence-corrected chi connectivity index (χ2v) is 9.29. The van der Waals surface area contributed by atoms with E-state index in [1.165, 1.54) is 5.56 Å². The van der Waals surface area contributed by atoms with Crippen LogP contribution in [0.15, 0.2) is 91.0 Å². The fraction of sp³-hybridized carbons (Fsp3) is 0.182.